The van der Waals surface area contributed by atoms with Crippen molar-refractivity contribution >= 4 is 11.8 Å². The molecule has 6 heteroatoms. The van der Waals surface area contributed by atoms with Crippen LogP contribution >= 0.6 is 11.8 Å². The van der Waals surface area contributed by atoms with E-state index in [2.05, 4.69) is 5.32 Å². The maximum absolute atomic E-state index is 12.6. The van der Waals surface area contributed by atoms with Gasteiger partial charge < -0.3 is 10.4 Å². The fourth-order valence-corrected chi connectivity index (χ4v) is 3.12. The molecule has 0 spiro atoms. The molecule has 0 amide bonds. The summed E-state index contributed by atoms with van der Waals surface area (Å²) in [6.45, 7) is 2.06. The van der Waals surface area contributed by atoms with Gasteiger partial charge in [0, 0.05) is 18.3 Å². The van der Waals surface area contributed by atoms with E-state index in [0.717, 1.165) is 6.42 Å². The molecule has 0 radical (unpaired) electrons. The van der Waals surface area contributed by atoms with Crippen LogP contribution in [-0.2, 0) is 0 Å². The van der Waals surface area contributed by atoms with Gasteiger partial charge in [-0.25, -0.2) is 0 Å². The third-order valence-electron chi connectivity index (χ3n) is 3.36. The molecule has 2 N–H and O–H groups in total. The maximum atomic E-state index is 12.6. The Morgan fingerprint density at radius 3 is 2.56 bits per heavy atom. The van der Waals surface area contributed by atoms with Gasteiger partial charge in [0.2, 0.25) is 0 Å². The molecule has 0 aromatic heterocycles. The Bertz CT molecular complexity index is 258. The van der Waals surface area contributed by atoms with Crippen LogP contribution in [0.3, 0.4) is 0 Å². The molecule has 1 rings (SSSR count). The van der Waals surface area contributed by atoms with Gasteiger partial charge in [0.1, 0.15) is 0 Å². The van der Waals surface area contributed by atoms with Crippen LogP contribution in [0.1, 0.15) is 32.6 Å². The van der Waals surface area contributed by atoms with Crippen LogP contribution in [0.4, 0.5) is 13.2 Å². The number of rotatable bonds is 5. The standard InChI is InChI=1S/C12H22F3NOS/c1-11(17,8-18-2)7-16-10-5-3-4-9(6-10)12(13,14)15/h9-10,16-17H,3-8H2,1-2H3/t9-,10-,11-/m1/s1. The van der Waals surface area contributed by atoms with Crippen molar-refractivity contribution in [1.29, 1.82) is 0 Å². The number of aliphatic hydroxyl groups is 1. The second kappa shape index (κ2) is 6.48. The van der Waals surface area contributed by atoms with E-state index < -0.39 is 17.7 Å². The van der Waals surface area contributed by atoms with Crippen molar-refractivity contribution in [1.82, 2.24) is 5.32 Å². The molecule has 0 unspecified atom stereocenters. The molecular weight excluding hydrogens is 263 g/mol. The predicted octanol–water partition coefficient (Wildman–Crippen LogP) is 2.81. The SMILES string of the molecule is CSC[C@](C)(O)CN[C@@H]1CCC[C@@H](C(F)(F)F)C1. The van der Waals surface area contributed by atoms with Crippen LogP contribution < -0.4 is 5.32 Å². The molecule has 18 heavy (non-hydrogen) atoms. The zero-order chi connectivity index (χ0) is 13.8. The predicted molar refractivity (Wildman–Crippen MR) is 68.8 cm³/mol. The van der Waals surface area contributed by atoms with Crippen molar-refractivity contribution in [3.8, 4) is 0 Å². The number of nitrogens with one attached hydrogen (secondary N) is 1. The zero-order valence-electron chi connectivity index (χ0n) is 10.9. The molecule has 1 aliphatic carbocycles. The topological polar surface area (TPSA) is 32.3 Å². The normalized spacial score (nSPS) is 29.0. The van der Waals surface area contributed by atoms with Gasteiger partial charge in [-0.05, 0) is 32.4 Å². The van der Waals surface area contributed by atoms with Crippen molar-refractivity contribution in [2.75, 3.05) is 18.6 Å². The first-order valence-corrected chi connectivity index (χ1v) is 7.65. The van der Waals surface area contributed by atoms with Crippen molar-refractivity contribution in [2.45, 2.75) is 50.4 Å². The summed E-state index contributed by atoms with van der Waals surface area (Å²) in [6.07, 6.45) is -0.437. The van der Waals surface area contributed by atoms with E-state index in [0.29, 0.717) is 18.7 Å². The molecule has 0 aromatic rings. The highest BCUT2D eigenvalue weighted by molar-refractivity contribution is 7.98. The number of hydrogen-bond donors (Lipinski definition) is 2. The minimum absolute atomic E-state index is 0.126. The zero-order valence-corrected chi connectivity index (χ0v) is 11.7. The van der Waals surface area contributed by atoms with E-state index in [4.69, 9.17) is 0 Å². The molecule has 0 heterocycles. The first-order chi connectivity index (χ1) is 8.24. The molecule has 0 bridgehead atoms. The largest absolute Gasteiger partial charge is 0.391 e. The first-order valence-electron chi connectivity index (χ1n) is 6.26. The van der Waals surface area contributed by atoms with Gasteiger partial charge in [0.05, 0.1) is 11.5 Å². The van der Waals surface area contributed by atoms with Gasteiger partial charge in [0.25, 0.3) is 0 Å². The van der Waals surface area contributed by atoms with Gasteiger partial charge in [-0.2, -0.15) is 24.9 Å². The van der Waals surface area contributed by atoms with Crippen LogP contribution in [0.25, 0.3) is 0 Å². The van der Waals surface area contributed by atoms with E-state index >= 15 is 0 Å². The lowest BCUT2D eigenvalue weighted by Gasteiger charge is -2.33. The lowest BCUT2D eigenvalue weighted by molar-refractivity contribution is -0.183. The van der Waals surface area contributed by atoms with E-state index in [9.17, 15) is 18.3 Å². The Balaban J connectivity index is 2.39. The molecule has 1 saturated carbocycles. The van der Waals surface area contributed by atoms with Crippen molar-refractivity contribution < 1.29 is 18.3 Å². The van der Waals surface area contributed by atoms with E-state index in [1.807, 2.05) is 6.26 Å². The molecule has 0 saturated heterocycles. The summed E-state index contributed by atoms with van der Waals surface area (Å²) in [5.41, 5.74) is -0.857. The highest BCUT2D eigenvalue weighted by atomic mass is 32.2. The average Bonchev–Trinajstić information content (AvgIpc) is 2.26. The Morgan fingerprint density at radius 1 is 1.33 bits per heavy atom. The minimum Gasteiger partial charge on any atom is -0.388 e. The van der Waals surface area contributed by atoms with Gasteiger partial charge >= 0.3 is 6.18 Å². The summed E-state index contributed by atoms with van der Waals surface area (Å²) in [6, 6.07) is -0.126. The molecule has 1 aliphatic rings. The summed E-state index contributed by atoms with van der Waals surface area (Å²) < 4.78 is 37.9. The molecular formula is C12H22F3NOS. The fraction of sp³-hybridized carbons (Fsp3) is 1.00. The molecule has 108 valence electrons. The monoisotopic (exact) mass is 285 g/mol. The summed E-state index contributed by atoms with van der Waals surface area (Å²) in [4.78, 5) is 0. The summed E-state index contributed by atoms with van der Waals surface area (Å²) in [7, 11) is 0. The van der Waals surface area contributed by atoms with E-state index in [1.165, 1.54) is 11.8 Å². The molecule has 1 fully saturated rings. The van der Waals surface area contributed by atoms with Crippen LogP contribution in [0.2, 0.25) is 0 Å². The fourth-order valence-electron chi connectivity index (χ4n) is 2.40. The molecule has 3 atom stereocenters. The second-order valence-electron chi connectivity index (χ2n) is 5.41. The first kappa shape index (κ1) is 16.1. The Kier molecular flexibility index (Phi) is 5.80. The number of hydrogen-bond acceptors (Lipinski definition) is 3. The van der Waals surface area contributed by atoms with Crippen molar-refractivity contribution in [3.05, 3.63) is 0 Å². The van der Waals surface area contributed by atoms with E-state index in [1.54, 1.807) is 6.92 Å². The summed E-state index contributed by atoms with van der Waals surface area (Å²) in [5.74, 6) is -0.607. The molecule has 0 aromatic carbocycles. The number of thioether (sulfide) groups is 1. The third kappa shape index (κ3) is 5.36. The minimum atomic E-state index is -4.08. The Labute approximate surface area is 111 Å². The Morgan fingerprint density at radius 2 is 2.00 bits per heavy atom. The number of alkyl halides is 3. The van der Waals surface area contributed by atoms with Gasteiger partial charge in [-0.1, -0.05) is 6.42 Å². The van der Waals surface area contributed by atoms with Crippen LogP contribution in [-0.4, -0.2) is 41.5 Å². The van der Waals surface area contributed by atoms with Crippen molar-refractivity contribution in [2.24, 2.45) is 5.92 Å². The smallest absolute Gasteiger partial charge is 0.388 e. The molecule has 0 aliphatic heterocycles. The van der Waals surface area contributed by atoms with Crippen LogP contribution in [0.5, 0.6) is 0 Å². The third-order valence-corrected chi connectivity index (χ3v) is 4.27. The maximum Gasteiger partial charge on any atom is 0.391 e. The second-order valence-corrected chi connectivity index (χ2v) is 6.28. The summed E-state index contributed by atoms with van der Waals surface area (Å²) >= 11 is 1.53. The van der Waals surface area contributed by atoms with Crippen molar-refractivity contribution in [3.63, 3.8) is 0 Å². The number of halogens is 3. The lowest BCUT2D eigenvalue weighted by Crippen LogP contribution is -2.46. The van der Waals surface area contributed by atoms with E-state index in [-0.39, 0.29) is 18.9 Å². The van der Waals surface area contributed by atoms with Gasteiger partial charge in [0.15, 0.2) is 0 Å². The quantitative estimate of drug-likeness (QED) is 0.814. The van der Waals surface area contributed by atoms with Crippen LogP contribution in [0.15, 0.2) is 0 Å². The summed E-state index contributed by atoms with van der Waals surface area (Å²) in [5, 5.41) is 13.1. The van der Waals surface area contributed by atoms with Crippen LogP contribution in [0, 0.1) is 5.92 Å². The average molecular weight is 285 g/mol. The van der Waals surface area contributed by atoms with Gasteiger partial charge in [-0.15, -0.1) is 0 Å². The highest BCUT2D eigenvalue weighted by Gasteiger charge is 2.42. The molecule has 2 nitrogen and oxygen atoms in total. The van der Waals surface area contributed by atoms with Gasteiger partial charge in [-0.3, -0.25) is 0 Å². The highest BCUT2D eigenvalue weighted by Crippen LogP contribution is 2.37. The Hall–Kier alpha value is 0.0600. The lowest BCUT2D eigenvalue weighted by atomic mass is 9.85.